The minimum absolute atomic E-state index is 0.0157. The lowest BCUT2D eigenvalue weighted by molar-refractivity contribution is 0.162. The summed E-state index contributed by atoms with van der Waals surface area (Å²) in [5.74, 6) is 0.548. The van der Waals surface area contributed by atoms with Gasteiger partial charge in [-0.1, -0.05) is 30.5 Å². The van der Waals surface area contributed by atoms with Crippen molar-refractivity contribution in [2.24, 2.45) is 5.73 Å². The van der Waals surface area contributed by atoms with Crippen molar-refractivity contribution >= 4 is 11.6 Å². The highest BCUT2D eigenvalue weighted by atomic mass is 35.5. The molecule has 3 nitrogen and oxygen atoms in total. The number of hydrogen-bond acceptors (Lipinski definition) is 3. The zero-order valence-corrected chi connectivity index (χ0v) is 11.0. The first-order valence-electron chi connectivity index (χ1n) is 6.33. The third-order valence-electron chi connectivity index (χ3n) is 3.37. The summed E-state index contributed by atoms with van der Waals surface area (Å²) < 4.78 is 5.92. The van der Waals surface area contributed by atoms with Crippen LogP contribution in [-0.2, 0) is 0 Å². The Morgan fingerprint density at radius 2 is 2.06 bits per heavy atom. The molecule has 1 aliphatic carbocycles. The van der Waals surface area contributed by atoms with Crippen LogP contribution in [0.15, 0.2) is 18.2 Å². The summed E-state index contributed by atoms with van der Waals surface area (Å²) in [4.78, 5) is 0. The number of nitriles is 1. The van der Waals surface area contributed by atoms with Crippen LogP contribution < -0.4 is 10.5 Å². The molecule has 2 unspecified atom stereocenters. The van der Waals surface area contributed by atoms with E-state index >= 15 is 0 Å². The first-order valence-corrected chi connectivity index (χ1v) is 6.71. The number of benzene rings is 1. The maximum Gasteiger partial charge on any atom is 0.139 e. The quantitative estimate of drug-likeness (QED) is 0.834. The molecule has 0 spiro atoms. The van der Waals surface area contributed by atoms with Crippen molar-refractivity contribution in [2.45, 2.75) is 44.2 Å². The summed E-state index contributed by atoms with van der Waals surface area (Å²) in [7, 11) is 0. The fraction of sp³-hybridized carbons (Fsp3) is 0.500. The normalized spacial score (nSPS) is 24.1. The summed E-state index contributed by atoms with van der Waals surface area (Å²) in [6.45, 7) is 0. The highest BCUT2D eigenvalue weighted by molar-refractivity contribution is 6.31. The summed E-state index contributed by atoms with van der Waals surface area (Å²) >= 11 is 5.98. The van der Waals surface area contributed by atoms with E-state index in [1.54, 1.807) is 18.2 Å². The predicted molar refractivity (Wildman–Crippen MR) is 71.6 cm³/mol. The zero-order chi connectivity index (χ0) is 13.0. The van der Waals surface area contributed by atoms with Gasteiger partial charge >= 0.3 is 0 Å². The molecule has 0 heterocycles. The van der Waals surface area contributed by atoms with Gasteiger partial charge in [-0.25, -0.2) is 0 Å². The van der Waals surface area contributed by atoms with Crippen LogP contribution in [0.1, 0.15) is 37.7 Å². The topological polar surface area (TPSA) is 59.0 Å². The van der Waals surface area contributed by atoms with Crippen LogP contribution in [-0.4, -0.2) is 12.1 Å². The summed E-state index contributed by atoms with van der Waals surface area (Å²) in [5.41, 5.74) is 6.51. The smallest absolute Gasteiger partial charge is 0.139 e. The van der Waals surface area contributed by atoms with Crippen molar-refractivity contribution in [1.29, 1.82) is 5.26 Å². The van der Waals surface area contributed by atoms with Gasteiger partial charge in [-0.05, 0) is 31.4 Å². The summed E-state index contributed by atoms with van der Waals surface area (Å²) in [6.07, 6.45) is 5.39. The second-order valence-corrected chi connectivity index (χ2v) is 5.09. The first-order chi connectivity index (χ1) is 8.72. The molecule has 4 heteroatoms. The second-order valence-electron chi connectivity index (χ2n) is 4.68. The van der Waals surface area contributed by atoms with Crippen molar-refractivity contribution in [3.63, 3.8) is 0 Å². The Kier molecular flexibility index (Phi) is 4.46. The van der Waals surface area contributed by atoms with Gasteiger partial charge in [0.05, 0.1) is 5.02 Å². The van der Waals surface area contributed by atoms with Gasteiger partial charge in [0.1, 0.15) is 23.5 Å². The van der Waals surface area contributed by atoms with E-state index in [9.17, 15) is 0 Å². The Balaban J connectivity index is 2.18. The number of halogens is 1. The van der Waals surface area contributed by atoms with Gasteiger partial charge in [0.2, 0.25) is 0 Å². The fourth-order valence-electron chi connectivity index (χ4n) is 2.32. The third kappa shape index (κ3) is 2.95. The molecule has 96 valence electrons. The van der Waals surface area contributed by atoms with Gasteiger partial charge in [0.15, 0.2) is 0 Å². The van der Waals surface area contributed by atoms with Gasteiger partial charge in [0, 0.05) is 6.04 Å². The molecule has 2 atom stereocenters. The maximum atomic E-state index is 9.10. The van der Waals surface area contributed by atoms with Crippen LogP contribution in [0, 0.1) is 11.3 Å². The van der Waals surface area contributed by atoms with Crippen LogP contribution in [0.4, 0.5) is 0 Å². The Morgan fingerprint density at radius 1 is 1.28 bits per heavy atom. The average molecular weight is 265 g/mol. The van der Waals surface area contributed by atoms with Gasteiger partial charge < -0.3 is 10.5 Å². The van der Waals surface area contributed by atoms with Crippen molar-refractivity contribution in [1.82, 2.24) is 0 Å². The van der Waals surface area contributed by atoms with Crippen LogP contribution in [0.25, 0.3) is 0 Å². The highest BCUT2D eigenvalue weighted by Gasteiger charge is 2.23. The number of ether oxygens (including phenoxy) is 1. The SMILES string of the molecule is N#Cc1c(Cl)cccc1OC1CCCCCC1N. The molecule has 0 aliphatic heterocycles. The van der Waals surface area contributed by atoms with Crippen LogP contribution in [0.2, 0.25) is 5.02 Å². The summed E-state index contributed by atoms with van der Waals surface area (Å²) in [5, 5.41) is 9.53. The molecule has 1 aromatic rings. The molecule has 1 aromatic carbocycles. The van der Waals surface area contributed by atoms with E-state index in [0.717, 1.165) is 25.7 Å². The minimum Gasteiger partial charge on any atom is -0.487 e. The molecule has 1 aliphatic rings. The molecule has 0 amide bonds. The predicted octanol–water partition coefficient (Wildman–Crippen LogP) is 3.25. The van der Waals surface area contributed by atoms with Gasteiger partial charge in [-0.3, -0.25) is 0 Å². The lowest BCUT2D eigenvalue weighted by atomic mass is 10.1. The van der Waals surface area contributed by atoms with Crippen molar-refractivity contribution in [3.05, 3.63) is 28.8 Å². The Morgan fingerprint density at radius 3 is 2.83 bits per heavy atom. The van der Waals surface area contributed by atoms with E-state index in [1.807, 2.05) is 0 Å². The van der Waals surface area contributed by atoms with Crippen molar-refractivity contribution in [2.75, 3.05) is 0 Å². The maximum absolute atomic E-state index is 9.10. The molecule has 18 heavy (non-hydrogen) atoms. The Hall–Kier alpha value is -1.24. The number of nitrogens with zero attached hydrogens (tertiary/aromatic N) is 1. The van der Waals surface area contributed by atoms with Crippen molar-refractivity contribution in [3.8, 4) is 11.8 Å². The van der Waals surface area contributed by atoms with Gasteiger partial charge in [-0.15, -0.1) is 0 Å². The standard InChI is InChI=1S/C14H17ClN2O/c15-11-5-4-8-13(10(11)9-16)18-14-7-3-1-2-6-12(14)17/h4-5,8,12,14H,1-3,6-7,17H2. The lowest BCUT2D eigenvalue weighted by Crippen LogP contribution is -2.38. The zero-order valence-electron chi connectivity index (χ0n) is 10.2. The number of nitrogens with two attached hydrogens (primary N) is 1. The fourth-order valence-corrected chi connectivity index (χ4v) is 2.53. The minimum atomic E-state index is -0.0157. The second kappa shape index (κ2) is 6.08. The molecule has 0 bridgehead atoms. The van der Waals surface area contributed by atoms with E-state index in [-0.39, 0.29) is 12.1 Å². The van der Waals surface area contributed by atoms with Crippen LogP contribution >= 0.6 is 11.6 Å². The number of rotatable bonds is 2. The average Bonchev–Trinajstić information content (AvgIpc) is 2.55. The molecule has 2 rings (SSSR count). The largest absolute Gasteiger partial charge is 0.487 e. The molecule has 0 saturated heterocycles. The van der Waals surface area contributed by atoms with E-state index in [2.05, 4.69) is 6.07 Å². The van der Waals surface area contributed by atoms with Crippen molar-refractivity contribution < 1.29 is 4.74 Å². The van der Waals surface area contributed by atoms with Gasteiger partial charge in [-0.2, -0.15) is 5.26 Å². The molecular weight excluding hydrogens is 248 g/mol. The van der Waals surface area contributed by atoms with E-state index in [0.29, 0.717) is 16.3 Å². The monoisotopic (exact) mass is 264 g/mol. The molecule has 1 saturated carbocycles. The van der Waals surface area contributed by atoms with E-state index < -0.39 is 0 Å². The molecule has 1 fully saturated rings. The Labute approximate surface area is 112 Å². The highest BCUT2D eigenvalue weighted by Crippen LogP contribution is 2.28. The Bertz CT molecular complexity index is 456. The van der Waals surface area contributed by atoms with E-state index in [1.165, 1.54) is 6.42 Å². The van der Waals surface area contributed by atoms with E-state index in [4.69, 9.17) is 27.3 Å². The van der Waals surface area contributed by atoms with Crippen LogP contribution in [0.3, 0.4) is 0 Å². The molecule has 0 aromatic heterocycles. The third-order valence-corrected chi connectivity index (χ3v) is 3.68. The first kappa shape index (κ1) is 13.2. The molecule has 0 radical (unpaired) electrons. The molecule has 2 N–H and O–H groups in total. The summed E-state index contributed by atoms with van der Waals surface area (Å²) in [6, 6.07) is 7.39. The molecular formula is C14H17ClN2O. The number of hydrogen-bond donors (Lipinski definition) is 1. The van der Waals surface area contributed by atoms with Crippen LogP contribution in [0.5, 0.6) is 5.75 Å². The van der Waals surface area contributed by atoms with Gasteiger partial charge in [0.25, 0.3) is 0 Å². The lowest BCUT2D eigenvalue weighted by Gasteiger charge is -2.23.